The minimum absolute atomic E-state index is 0.00921. The zero-order valence-electron chi connectivity index (χ0n) is 9.96. The molecule has 0 saturated carbocycles. The molecule has 84 valence electrons. The first kappa shape index (κ1) is 12.0. The highest BCUT2D eigenvalue weighted by Crippen LogP contribution is 2.42. The van der Waals surface area contributed by atoms with Crippen LogP contribution in [-0.2, 0) is 14.3 Å². The molecule has 0 bridgehead atoms. The summed E-state index contributed by atoms with van der Waals surface area (Å²) < 4.78 is 10.6. The van der Waals surface area contributed by atoms with E-state index in [-0.39, 0.29) is 11.7 Å². The van der Waals surface area contributed by atoms with Gasteiger partial charge in [0.1, 0.15) is 5.76 Å². The summed E-state index contributed by atoms with van der Waals surface area (Å²) in [6.07, 6.45) is 3.54. The van der Waals surface area contributed by atoms with Gasteiger partial charge in [-0.3, -0.25) is 4.79 Å². The Balaban J connectivity index is 3.21. The Morgan fingerprint density at radius 3 is 2.27 bits per heavy atom. The van der Waals surface area contributed by atoms with Crippen LogP contribution in [0.2, 0.25) is 0 Å². The molecule has 0 aliphatic heterocycles. The van der Waals surface area contributed by atoms with Crippen molar-refractivity contribution in [2.75, 3.05) is 14.2 Å². The Bertz CT molecular complexity index is 326. The minimum atomic E-state index is -0.969. The first-order chi connectivity index (χ1) is 7.05. The third kappa shape index (κ3) is 1.51. The van der Waals surface area contributed by atoms with Gasteiger partial charge in [0.2, 0.25) is 11.4 Å². The highest BCUT2D eigenvalue weighted by molar-refractivity contribution is 6.13. The number of hydrogen-bond donors (Lipinski definition) is 0. The molecule has 1 atom stereocenters. The lowest BCUT2D eigenvalue weighted by Gasteiger charge is -2.40. The SMILES string of the molecule is C/C=C/C1(OC)C(=O)C(C(C)C)=C1OC. The standard InChI is InChI=1S/C12H18O3/c1-6-7-12(15-5)10(13)9(8(2)3)11(12)14-4/h6-8H,1-5H3/b7-6+. The number of carbonyl (C=O) groups excluding carboxylic acids is 1. The van der Waals surface area contributed by atoms with Crippen LogP contribution in [-0.4, -0.2) is 25.6 Å². The molecule has 1 unspecified atom stereocenters. The van der Waals surface area contributed by atoms with Crippen molar-refractivity contribution in [1.82, 2.24) is 0 Å². The van der Waals surface area contributed by atoms with E-state index in [1.807, 2.05) is 20.8 Å². The van der Waals surface area contributed by atoms with Crippen LogP contribution in [0.3, 0.4) is 0 Å². The highest BCUT2D eigenvalue weighted by Gasteiger charge is 2.54. The Labute approximate surface area is 90.8 Å². The molecule has 15 heavy (non-hydrogen) atoms. The second-order valence-corrected chi connectivity index (χ2v) is 3.87. The molecule has 1 aliphatic carbocycles. The van der Waals surface area contributed by atoms with Crippen LogP contribution in [0.4, 0.5) is 0 Å². The molecule has 0 saturated heterocycles. The van der Waals surface area contributed by atoms with Gasteiger partial charge < -0.3 is 9.47 Å². The van der Waals surface area contributed by atoms with Crippen LogP contribution in [0.1, 0.15) is 20.8 Å². The maximum absolute atomic E-state index is 12.0. The average molecular weight is 210 g/mol. The van der Waals surface area contributed by atoms with Crippen molar-refractivity contribution in [3.05, 3.63) is 23.5 Å². The third-order valence-corrected chi connectivity index (χ3v) is 2.67. The topological polar surface area (TPSA) is 35.5 Å². The second kappa shape index (κ2) is 4.19. The molecule has 0 radical (unpaired) electrons. The molecule has 1 aliphatic rings. The molecular weight excluding hydrogens is 192 g/mol. The average Bonchev–Trinajstić information content (AvgIpc) is 2.20. The van der Waals surface area contributed by atoms with E-state index in [9.17, 15) is 4.79 Å². The molecular formula is C12H18O3. The summed E-state index contributed by atoms with van der Waals surface area (Å²) in [6, 6.07) is 0. The molecule has 0 fully saturated rings. The van der Waals surface area contributed by atoms with E-state index >= 15 is 0 Å². The van der Waals surface area contributed by atoms with Gasteiger partial charge in [-0.05, 0) is 18.9 Å². The first-order valence-electron chi connectivity index (χ1n) is 5.07. The maximum atomic E-state index is 12.0. The van der Waals surface area contributed by atoms with Gasteiger partial charge in [-0.1, -0.05) is 19.9 Å². The molecule has 0 N–H and O–H groups in total. The Hall–Kier alpha value is -1.09. The van der Waals surface area contributed by atoms with Crippen molar-refractivity contribution in [3.8, 4) is 0 Å². The Morgan fingerprint density at radius 2 is 1.93 bits per heavy atom. The normalized spacial score (nSPS) is 26.4. The number of Topliss-reactive ketones (excluding diaryl/α,β-unsaturated/α-hetero) is 1. The smallest absolute Gasteiger partial charge is 0.206 e. The molecule has 3 nitrogen and oxygen atoms in total. The number of carbonyl (C=O) groups is 1. The highest BCUT2D eigenvalue weighted by atomic mass is 16.5. The Morgan fingerprint density at radius 1 is 1.33 bits per heavy atom. The van der Waals surface area contributed by atoms with Crippen LogP contribution in [0.25, 0.3) is 0 Å². The molecule has 0 spiro atoms. The number of hydrogen-bond acceptors (Lipinski definition) is 3. The number of rotatable bonds is 4. The van der Waals surface area contributed by atoms with Crippen molar-refractivity contribution in [3.63, 3.8) is 0 Å². The minimum Gasteiger partial charge on any atom is -0.497 e. The van der Waals surface area contributed by atoms with Gasteiger partial charge in [0.25, 0.3) is 0 Å². The van der Waals surface area contributed by atoms with Crippen LogP contribution in [0.5, 0.6) is 0 Å². The van der Waals surface area contributed by atoms with Crippen LogP contribution >= 0.6 is 0 Å². The number of ether oxygens (including phenoxy) is 2. The number of allylic oxidation sites excluding steroid dienone is 1. The van der Waals surface area contributed by atoms with E-state index in [0.29, 0.717) is 5.76 Å². The van der Waals surface area contributed by atoms with Gasteiger partial charge in [-0.2, -0.15) is 0 Å². The van der Waals surface area contributed by atoms with Crippen LogP contribution < -0.4 is 0 Å². The van der Waals surface area contributed by atoms with E-state index < -0.39 is 5.60 Å². The lowest BCUT2D eigenvalue weighted by Crippen LogP contribution is -2.52. The summed E-state index contributed by atoms with van der Waals surface area (Å²) in [4.78, 5) is 12.0. The van der Waals surface area contributed by atoms with Gasteiger partial charge >= 0.3 is 0 Å². The van der Waals surface area contributed by atoms with Gasteiger partial charge in [0.15, 0.2) is 0 Å². The van der Waals surface area contributed by atoms with Crippen molar-refractivity contribution in [2.45, 2.75) is 26.4 Å². The first-order valence-corrected chi connectivity index (χ1v) is 5.07. The van der Waals surface area contributed by atoms with Crippen molar-refractivity contribution in [2.24, 2.45) is 5.92 Å². The van der Waals surface area contributed by atoms with E-state index in [4.69, 9.17) is 9.47 Å². The maximum Gasteiger partial charge on any atom is 0.206 e. The summed E-state index contributed by atoms with van der Waals surface area (Å²) in [6.45, 7) is 5.80. The predicted molar refractivity (Wildman–Crippen MR) is 58.4 cm³/mol. The van der Waals surface area contributed by atoms with Crippen molar-refractivity contribution < 1.29 is 14.3 Å². The van der Waals surface area contributed by atoms with E-state index in [0.717, 1.165) is 5.57 Å². The largest absolute Gasteiger partial charge is 0.497 e. The summed E-state index contributed by atoms with van der Waals surface area (Å²) in [5.74, 6) is 0.819. The summed E-state index contributed by atoms with van der Waals surface area (Å²) in [5, 5.41) is 0. The quantitative estimate of drug-likeness (QED) is 0.666. The lowest BCUT2D eigenvalue weighted by molar-refractivity contribution is -0.138. The summed E-state index contributed by atoms with van der Waals surface area (Å²) in [5.41, 5.74) is -0.235. The fraction of sp³-hybridized carbons (Fsp3) is 0.583. The molecule has 0 aromatic rings. The summed E-state index contributed by atoms with van der Waals surface area (Å²) >= 11 is 0. The van der Waals surface area contributed by atoms with Crippen LogP contribution in [0, 0.1) is 5.92 Å². The molecule has 0 aromatic heterocycles. The Kier molecular flexibility index (Phi) is 3.35. The fourth-order valence-electron chi connectivity index (χ4n) is 1.97. The molecule has 3 heteroatoms. The molecule has 0 aromatic carbocycles. The molecule has 0 amide bonds. The van der Waals surface area contributed by atoms with E-state index in [1.54, 1.807) is 19.3 Å². The van der Waals surface area contributed by atoms with E-state index in [2.05, 4.69) is 0 Å². The zero-order chi connectivity index (χ0) is 11.6. The fourth-order valence-corrected chi connectivity index (χ4v) is 1.97. The van der Waals surface area contributed by atoms with Gasteiger partial charge in [0, 0.05) is 12.7 Å². The zero-order valence-corrected chi connectivity index (χ0v) is 9.96. The second-order valence-electron chi connectivity index (χ2n) is 3.87. The summed E-state index contributed by atoms with van der Waals surface area (Å²) in [7, 11) is 3.09. The van der Waals surface area contributed by atoms with Gasteiger partial charge in [0.05, 0.1) is 7.11 Å². The van der Waals surface area contributed by atoms with Crippen molar-refractivity contribution >= 4 is 5.78 Å². The van der Waals surface area contributed by atoms with Crippen molar-refractivity contribution in [1.29, 1.82) is 0 Å². The number of ketones is 1. The van der Waals surface area contributed by atoms with E-state index in [1.165, 1.54) is 7.11 Å². The van der Waals surface area contributed by atoms with Crippen LogP contribution in [0.15, 0.2) is 23.5 Å². The van der Waals surface area contributed by atoms with Gasteiger partial charge in [-0.15, -0.1) is 0 Å². The third-order valence-electron chi connectivity index (χ3n) is 2.67. The molecule has 1 rings (SSSR count). The monoisotopic (exact) mass is 210 g/mol. The lowest BCUT2D eigenvalue weighted by atomic mass is 9.72. The predicted octanol–water partition coefficient (Wildman–Crippen LogP) is 2.09. The number of methoxy groups -OCH3 is 2. The van der Waals surface area contributed by atoms with Gasteiger partial charge in [-0.25, -0.2) is 0 Å². The molecule has 0 heterocycles.